The number of hydrogen-bond acceptors (Lipinski definition) is 6. The Bertz CT molecular complexity index is 1580. The number of rotatable bonds is 3. The topological polar surface area (TPSA) is 58.4 Å². The van der Waals surface area contributed by atoms with Crippen LogP contribution in [0.15, 0.2) is 39.9 Å². The van der Waals surface area contributed by atoms with Gasteiger partial charge in [0.1, 0.15) is 5.82 Å². The molecule has 1 saturated carbocycles. The fraction of sp³-hybridized carbons (Fsp3) is 0.464. The Kier molecular flexibility index (Phi) is 6.78. The largest absolute Gasteiger partial charge is 0.417 e. The molecule has 1 spiro atoms. The number of aromatic nitrogens is 2. The maximum absolute atomic E-state index is 14.8. The number of halogens is 4. The van der Waals surface area contributed by atoms with Crippen LogP contribution in [0.3, 0.4) is 0 Å². The number of nitrogens with zero attached hydrogens (tertiary/aromatic N) is 4. The molecule has 1 aromatic carbocycles. The number of thiophene rings is 1. The molecular formula is C28H28ClF3N4O2S2. The predicted molar refractivity (Wildman–Crippen MR) is 155 cm³/mol. The molecule has 1 unspecified atom stereocenters. The molecule has 4 heterocycles. The van der Waals surface area contributed by atoms with Crippen LogP contribution in [0.5, 0.6) is 0 Å². The maximum Gasteiger partial charge on any atom is 0.417 e. The van der Waals surface area contributed by atoms with E-state index in [1.165, 1.54) is 29.2 Å². The minimum Gasteiger partial charge on any atom is -0.352 e. The summed E-state index contributed by atoms with van der Waals surface area (Å²) in [4.78, 5) is 35.1. The van der Waals surface area contributed by atoms with E-state index in [0.717, 1.165) is 25.3 Å². The van der Waals surface area contributed by atoms with Crippen molar-refractivity contribution in [3.05, 3.63) is 51.2 Å². The number of anilines is 1. The smallest absolute Gasteiger partial charge is 0.352 e. The van der Waals surface area contributed by atoms with Gasteiger partial charge in [0.2, 0.25) is 5.91 Å². The van der Waals surface area contributed by atoms with Crippen LogP contribution >= 0.6 is 34.7 Å². The normalized spacial score (nSPS) is 22.4. The second-order valence-corrected chi connectivity index (χ2v) is 13.5. The van der Waals surface area contributed by atoms with E-state index in [9.17, 15) is 22.8 Å². The summed E-state index contributed by atoms with van der Waals surface area (Å²) in [6.07, 6.45) is -0.508. The van der Waals surface area contributed by atoms with Gasteiger partial charge in [0, 0.05) is 63.6 Å². The molecule has 0 N–H and O–H groups in total. The highest BCUT2D eigenvalue weighted by Gasteiger charge is 2.44. The molecule has 6 rings (SSSR count). The highest BCUT2D eigenvalue weighted by Crippen LogP contribution is 2.54. The van der Waals surface area contributed by atoms with Crippen molar-refractivity contribution in [3.8, 4) is 10.4 Å². The first-order chi connectivity index (χ1) is 18.9. The van der Waals surface area contributed by atoms with E-state index < -0.39 is 17.4 Å². The Morgan fingerprint density at radius 1 is 1.23 bits per heavy atom. The number of hydrogen-bond donors (Lipinski definition) is 0. The van der Waals surface area contributed by atoms with Gasteiger partial charge in [-0.15, -0.1) is 23.1 Å². The highest BCUT2D eigenvalue weighted by atomic mass is 35.5. The fourth-order valence-electron chi connectivity index (χ4n) is 6.45. The lowest BCUT2D eigenvalue weighted by molar-refractivity contribution is -0.137. The predicted octanol–water partition coefficient (Wildman–Crippen LogP) is 6.68. The van der Waals surface area contributed by atoms with Crippen molar-refractivity contribution >= 4 is 57.3 Å². The molecule has 1 saturated heterocycles. The number of carbonyl (C=O) groups excluding carboxylic acids is 1. The van der Waals surface area contributed by atoms with Crippen LogP contribution in [0, 0.1) is 5.41 Å². The highest BCUT2D eigenvalue weighted by molar-refractivity contribution is 7.99. The zero-order valence-corrected chi connectivity index (χ0v) is 24.4. The van der Waals surface area contributed by atoms with Crippen molar-refractivity contribution in [1.29, 1.82) is 0 Å². The zero-order valence-electron chi connectivity index (χ0n) is 22.1. The van der Waals surface area contributed by atoms with Gasteiger partial charge in [-0.2, -0.15) is 18.2 Å². The van der Waals surface area contributed by atoms with Crippen LogP contribution in [0.25, 0.3) is 21.3 Å². The van der Waals surface area contributed by atoms with Crippen LogP contribution in [0.4, 0.5) is 19.0 Å². The minimum absolute atomic E-state index is 0.0757. The van der Waals surface area contributed by atoms with Gasteiger partial charge in [-0.25, -0.2) is 4.79 Å². The van der Waals surface area contributed by atoms with Crippen LogP contribution in [0.1, 0.15) is 38.7 Å². The molecule has 6 nitrogen and oxygen atoms in total. The third-order valence-electron chi connectivity index (χ3n) is 8.40. The Balaban J connectivity index is 1.63. The van der Waals surface area contributed by atoms with Gasteiger partial charge in [0.15, 0.2) is 0 Å². The van der Waals surface area contributed by atoms with E-state index in [2.05, 4.69) is 11.6 Å². The van der Waals surface area contributed by atoms with Crippen molar-refractivity contribution < 1.29 is 18.0 Å². The number of benzene rings is 1. The van der Waals surface area contributed by atoms with E-state index in [1.54, 1.807) is 20.9 Å². The Morgan fingerprint density at radius 3 is 2.48 bits per heavy atom. The molecule has 2 fully saturated rings. The number of alkyl halides is 3. The van der Waals surface area contributed by atoms with Crippen LogP contribution < -0.4 is 10.6 Å². The minimum atomic E-state index is -4.65. The number of thioether (sulfide) groups is 1. The van der Waals surface area contributed by atoms with Crippen molar-refractivity contribution in [2.24, 2.45) is 5.41 Å². The second-order valence-electron chi connectivity index (χ2n) is 11.2. The van der Waals surface area contributed by atoms with Gasteiger partial charge < -0.3 is 9.80 Å². The summed E-state index contributed by atoms with van der Waals surface area (Å²) >= 11 is 8.76. The van der Waals surface area contributed by atoms with Crippen LogP contribution in [-0.4, -0.2) is 51.3 Å². The lowest BCUT2D eigenvalue weighted by Crippen LogP contribution is -2.58. The van der Waals surface area contributed by atoms with Crippen LogP contribution in [0.2, 0.25) is 5.02 Å². The van der Waals surface area contributed by atoms with Crippen molar-refractivity contribution in [3.63, 3.8) is 0 Å². The van der Waals surface area contributed by atoms with Crippen molar-refractivity contribution in [2.45, 2.75) is 62.8 Å². The first-order valence-corrected chi connectivity index (χ1v) is 15.4. The van der Waals surface area contributed by atoms with Gasteiger partial charge in [-0.3, -0.25) is 9.36 Å². The van der Waals surface area contributed by atoms with Gasteiger partial charge in [0.25, 0.3) is 0 Å². The maximum atomic E-state index is 14.8. The van der Waals surface area contributed by atoms with Crippen molar-refractivity contribution in [1.82, 2.24) is 14.5 Å². The molecule has 1 aliphatic carbocycles. The Labute approximate surface area is 242 Å². The molecule has 0 bridgehead atoms. The summed E-state index contributed by atoms with van der Waals surface area (Å²) in [5.74, 6) is 0.651. The van der Waals surface area contributed by atoms with E-state index in [1.807, 2.05) is 18.7 Å². The first-order valence-electron chi connectivity index (χ1n) is 13.2. The van der Waals surface area contributed by atoms with E-state index in [4.69, 9.17) is 11.6 Å². The average Bonchev–Trinajstić information content (AvgIpc) is 3.20. The van der Waals surface area contributed by atoms with Gasteiger partial charge in [-0.05, 0) is 50.3 Å². The number of carbonyl (C=O) groups is 1. The molecule has 12 heteroatoms. The number of amides is 1. The first kappa shape index (κ1) is 27.7. The molecule has 3 aromatic rings. The molecule has 2 aromatic heterocycles. The molecular weight excluding hydrogens is 581 g/mol. The summed E-state index contributed by atoms with van der Waals surface area (Å²) in [5, 5.41) is 2.30. The standard InChI is InChI=1S/C28H28ClF3N4O2S2/c1-4-21(37)36-15(2)10-34(11-16(36)3)25-18-9-19(28(30,31)32)22(20-8-17(29)12-39-20)24-23(18)35(26(38)33-25)13-27(14-40-24)6-5-7-27/h4,8-9,12,15-16H,1,5-7,10-11,13-14H2,2-3H3/t15-,16?/m0/s1. The van der Waals surface area contributed by atoms with E-state index in [-0.39, 0.29) is 34.8 Å². The molecule has 3 aliphatic rings. The molecule has 40 heavy (non-hydrogen) atoms. The van der Waals surface area contributed by atoms with Crippen LogP contribution in [-0.2, 0) is 17.5 Å². The summed E-state index contributed by atoms with van der Waals surface area (Å²) in [6.45, 7) is 8.43. The quantitative estimate of drug-likeness (QED) is 0.310. The molecule has 0 radical (unpaired) electrons. The fourth-order valence-corrected chi connectivity index (χ4v) is 9.21. The lowest BCUT2D eigenvalue weighted by atomic mass is 9.70. The Morgan fingerprint density at radius 2 is 1.93 bits per heavy atom. The van der Waals surface area contributed by atoms with E-state index in [0.29, 0.717) is 51.1 Å². The summed E-state index contributed by atoms with van der Waals surface area (Å²) in [7, 11) is 0. The average molecular weight is 609 g/mol. The monoisotopic (exact) mass is 608 g/mol. The van der Waals surface area contributed by atoms with Gasteiger partial charge in [-0.1, -0.05) is 24.6 Å². The summed E-state index contributed by atoms with van der Waals surface area (Å²) in [6, 6.07) is 2.21. The second kappa shape index (κ2) is 9.80. The number of piperazine rings is 1. The van der Waals surface area contributed by atoms with Crippen molar-refractivity contribution in [2.75, 3.05) is 23.7 Å². The van der Waals surface area contributed by atoms with E-state index >= 15 is 0 Å². The SMILES string of the molecule is C=CC(=O)N1C(C)CN(c2nc(=O)n3c4c(c(-c5cc(Cl)cs5)c(C(F)(F)F)cc24)SCC2(CCC2)C3)C[C@@H]1C. The summed E-state index contributed by atoms with van der Waals surface area (Å²) in [5.41, 5.74) is -0.794. The molecule has 2 aliphatic heterocycles. The molecule has 212 valence electrons. The molecule has 2 atom stereocenters. The van der Waals surface area contributed by atoms with Gasteiger partial charge >= 0.3 is 11.9 Å². The summed E-state index contributed by atoms with van der Waals surface area (Å²) < 4.78 is 46.0. The third-order valence-corrected chi connectivity index (χ3v) is 11.1. The molecule has 1 amide bonds. The lowest BCUT2D eigenvalue weighted by Gasteiger charge is -2.45. The third kappa shape index (κ3) is 4.44. The Hall–Kier alpha value is -2.50. The zero-order chi connectivity index (χ0) is 28.6. The van der Waals surface area contributed by atoms with Gasteiger partial charge in [0.05, 0.1) is 16.1 Å².